The van der Waals surface area contributed by atoms with Crippen molar-refractivity contribution in [3.63, 3.8) is 0 Å². The molecular weight excluding hydrogens is 348 g/mol. The van der Waals surface area contributed by atoms with Gasteiger partial charge in [0.1, 0.15) is 0 Å². The number of benzene rings is 2. The number of nitro groups is 2. The van der Waals surface area contributed by atoms with Crippen molar-refractivity contribution in [3.8, 4) is 0 Å². The third-order valence-electron chi connectivity index (χ3n) is 4.13. The van der Waals surface area contributed by atoms with Crippen LogP contribution in [0.15, 0.2) is 48.5 Å². The molecule has 0 aromatic heterocycles. The van der Waals surface area contributed by atoms with Crippen molar-refractivity contribution in [2.75, 3.05) is 0 Å². The lowest BCUT2D eigenvalue weighted by Crippen LogP contribution is -2.17. The summed E-state index contributed by atoms with van der Waals surface area (Å²) in [5.41, 5.74) is 0.659. The molecule has 9 heteroatoms. The molecule has 0 saturated carbocycles. The average Bonchev–Trinajstić information content (AvgIpc) is 2.60. The quantitative estimate of drug-likeness (QED) is 0.568. The third kappa shape index (κ3) is 3.82. The number of hydrogen-bond acceptors (Lipinski definition) is 6. The lowest BCUT2D eigenvalue weighted by molar-refractivity contribution is -0.385. The molecule has 2 aromatic rings. The minimum Gasteiger partial charge on any atom is -0.258 e. The summed E-state index contributed by atoms with van der Waals surface area (Å²) in [6.07, 6.45) is 0. The molecule has 0 aliphatic rings. The molecule has 8 nitrogen and oxygen atoms in total. The fourth-order valence-corrected chi connectivity index (χ4v) is 4.11. The molecule has 0 aliphatic heterocycles. The molecule has 0 aliphatic carbocycles. The van der Waals surface area contributed by atoms with Crippen LogP contribution in [0.3, 0.4) is 0 Å². The molecule has 2 rings (SSSR count). The standard InChI is InChI=1S/C16H16N2O6S/c1-11(13-3-7-15(8-4-13)17(19)20)25(23,24)12(2)14-5-9-16(10-6-14)18(21)22/h3-12H,1-2H3. The van der Waals surface area contributed by atoms with Gasteiger partial charge < -0.3 is 0 Å². The summed E-state index contributed by atoms with van der Waals surface area (Å²) in [6.45, 7) is 3.02. The largest absolute Gasteiger partial charge is 0.269 e. The van der Waals surface area contributed by atoms with Crippen LogP contribution in [0.4, 0.5) is 11.4 Å². The van der Waals surface area contributed by atoms with Gasteiger partial charge in [-0.3, -0.25) is 20.2 Å². The summed E-state index contributed by atoms with van der Waals surface area (Å²) in [5.74, 6) is 0. The summed E-state index contributed by atoms with van der Waals surface area (Å²) in [4.78, 5) is 20.3. The maximum absolute atomic E-state index is 12.8. The first-order chi connectivity index (χ1) is 11.6. The van der Waals surface area contributed by atoms with Gasteiger partial charge in [0.25, 0.3) is 11.4 Å². The van der Waals surface area contributed by atoms with Crippen molar-refractivity contribution in [1.29, 1.82) is 0 Å². The Morgan fingerprint density at radius 3 is 1.24 bits per heavy atom. The van der Waals surface area contributed by atoms with Gasteiger partial charge in [-0.1, -0.05) is 24.3 Å². The molecular formula is C16H16N2O6S. The molecule has 2 unspecified atom stereocenters. The van der Waals surface area contributed by atoms with E-state index in [0.29, 0.717) is 11.1 Å². The Balaban J connectivity index is 2.29. The van der Waals surface area contributed by atoms with E-state index in [1.165, 1.54) is 62.4 Å². The Labute approximate surface area is 144 Å². The normalized spacial score (nSPS) is 13.8. The Bertz CT molecular complexity index is 822. The molecule has 0 amide bonds. The van der Waals surface area contributed by atoms with E-state index < -0.39 is 30.2 Å². The zero-order valence-electron chi connectivity index (χ0n) is 13.5. The van der Waals surface area contributed by atoms with Crippen LogP contribution in [0.1, 0.15) is 35.5 Å². The van der Waals surface area contributed by atoms with Gasteiger partial charge in [-0.15, -0.1) is 0 Å². The van der Waals surface area contributed by atoms with E-state index in [9.17, 15) is 28.6 Å². The highest BCUT2D eigenvalue weighted by Gasteiger charge is 2.30. The highest BCUT2D eigenvalue weighted by atomic mass is 32.2. The molecule has 25 heavy (non-hydrogen) atoms. The third-order valence-corrected chi connectivity index (χ3v) is 6.65. The van der Waals surface area contributed by atoms with E-state index in [1.807, 2.05) is 0 Å². The molecule has 0 fully saturated rings. The molecule has 0 radical (unpaired) electrons. The minimum atomic E-state index is -3.65. The first-order valence-electron chi connectivity index (χ1n) is 7.36. The van der Waals surface area contributed by atoms with Crippen LogP contribution in [-0.2, 0) is 9.84 Å². The maximum Gasteiger partial charge on any atom is 0.269 e. The Hall–Kier alpha value is -2.81. The van der Waals surface area contributed by atoms with Gasteiger partial charge in [-0.2, -0.15) is 0 Å². The first-order valence-corrected chi connectivity index (χ1v) is 8.97. The van der Waals surface area contributed by atoms with E-state index in [-0.39, 0.29) is 11.4 Å². The van der Waals surface area contributed by atoms with Crippen molar-refractivity contribution >= 4 is 21.2 Å². The fraction of sp³-hybridized carbons (Fsp3) is 0.250. The van der Waals surface area contributed by atoms with Crippen LogP contribution in [0, 0.1) is 20.2 Å². The number of hydrogen-bond donors (Lipinski definition) is 0. The topological polar surface area (TPSA) is 120 Å². The van der Waals surface area contributed by atoms with Gasteiger partial charge in [0.15, 0.2) is 9.84 Å². The zero-order chi connectivity index (χ0) is 18.8. The van der Waals surface area contributed by atoms with Crippen LogP contribution < -0.4 is 0 Å². The molecule has 0 N–H and O–H groups in total. The summed E-state index contributed by atoms with van der Waals surface area (Å²) in [5, 5.41) is 19.6. The van der Waals surface area contributed by atoms with Crippen LogP contribution in [0.25, 0.3) is 0 Å². The smallest absolute Gasteiger partial charge is 0.258 e. The van der Waals surface area contributed by atoms with Crippen molar-refractivity contribution in [1.82, 2.24) is 0 Å². The van der Waals surface area contributed by atoms with E-state index in [0.717, 1.165) is 0 Å². The lowest BCUT2D eigenvalue weighted by atomic mass is 10.1. The van der Waals surface area contributed by atoms with E-state index in [4.69, 9.17) is 0 Å². The van der Waals surface area contributed by atoms with Crippen LogP contribution in [0.5, 0.6) is 0 Å². The molecule has 2 atom stereocenters. The van der Waals surface area contributed by atoms with Gasteiger partial charge in [0, 0.05) is 24.3 Å². The first kappa shape index (κ1) is 18.5. The number of non-ortho nitro benzene ring substituents is 2. The number of nitrogens with zero attached hydrogens (tertiary/aromatic N) is 2. The van der Waals surface area contributed by atoms with E-state index in [1.54, 1.807) is 0 Å². The number of sulfone groups is 1. The molecule has 0 spiro atoms. The molecule has 132 valence electrons. The van der Waals surface area contributed by atoms with Crippen molar-refractivity contribution in [2.24, 2.45) is 0 Å². The van der Waals surface area contributed by atoms with Crippen LogP contribution in [0.2, 0.25) is 0 Å². The molecule has 0 saturated heterocycles. The van der Waals surface area contributed by atoms with Gasteiger partial charge in [-0.25, -0.2) is 8.42 Å². The summed E-state index contributed by atoms with van der Waals surface area (Å²) in [7, 11) is -3.65. The Kier molecular flexibility index (Phi) is 5.17. The maximum atomic E-state index is 12.8. The second-order valence-corrected chi connectivity index (χ2v) is 8.16. The van der Waals surface area contributed by atoms with Crippen molar-refractivity contribution < 1.29 is 18.3 Å². The van der Waals surface area contributed by atoms with E-state index in [2.05, 4.69) is 0 Å². The summed E-state index contributed by atoms with van der Waals surface area (Å²) in [6, 6.07) is 10.7. The Morgan fingerprint density at radius 2 is 1.00 bits per heavy atom. The minimum absolute atomic E-state index is 0.114. The highest BCUT2D eigenvalue weighted by Crippen LogP contribution is 2.34. The number of rotatable bonds is 6. The van der Waals surface area contributed by atoms with Gasteiger partial charge in [0.05, 0.1) is 20.3 Å². The number of nitro benzene ring substituents is 2. The highest BCUT2D eigenvalue weighted by molar-refractivity contribution is 7.91. The molecule has 0 heterocycles. The predicted molar refractivity (Wildman–Crippen MR) is 91.9 cm³/mol. The lowest BCUT2D eigenvalue weighted by Gasteiger charge is -2.19. The predicted octanol–water partition coefficient (Wildman–Crippen LogP) is 3.74. The monoisotopic (exact) mass is 364 g/mol. The summed E-state index contributed by atoms with van der Waals surface area (Å²) >= 11 is 0. The second-order valence-electron chi connectivity index (χ2n) is 5.57. The second kappa shape index (κ2) is 6.98. The SMILES string of the molecule is CC(c1ccc([N+](=O)[O-])cc1)S(=O)(=O)C(C)c1ccc([N+](=O)[O-])cc1. The fourth-order valence-electron chi connectivity index (χ4n) is 2.42. The molecule has 2 aromatic carbocycles. The zero-order valence-corrected chi connectivity index (χ0v) is 14.3. The molecule has 0 bridgehead atoms. The van der Waals surface area contributed by atoms with Crippen LogP contribution >= 0.6 is 0 Å². The van der Waals surface area contributed by atoms with E-state index >= 15 is 0 Å². The van der Waals surface area contributed by atoms with Crippen molar-refractivity contribution in [2.45, 2.75) is 24.3 Å². The van der Waals surface area contributed by atoms with Gasteiger partial charge in [-0.05, 0) is 25.0 Å². The van der Waals surface area contributed by atoms with Gasteiger partial charge in [0.2, 0.25) is 0 Å². The Morgan fingerprint density at radius 1 is 0.720 bits per heavy atom. The summed E-state index contributed by atoms with van der Waals surface area (Å²) < 4.78 is 25.6. The van der Waals surface area contributed by atoms with Crippen LogP contribution in [-0.4, -0.2) is 18.3 Å². The average molecular weight is 364 g/mol. The van der Waals surface area contributed by atoms with Crippen molar-refractivity contribution in [3.05, 3.63) is 79.9 Å². The van der Waals surface area contributed by atoms with Gasteiger partial charge >= 0.3 is 0 Å².